The second-order valence-electron chi connectivity index (χ2n) is 5.61. The molecule has 0 radical (unpaired) electrons. The number of hydrogen-bond acceptors (Lipinski definition) is 3. The highest BCUT2D eigenvalue weighted by Gasteiger charge is 2.24. The molecule has 1 saturated carbocycles. The number of carbonyl (C=O) groups excluding carboxylic acids is 1. The van der Waals surface area contributed by atoms with Gasteiger partial charge in [-0.05, 0) is 43.7 Å². The summed E-state index contributed by atoms with van der Waals surface area (Å²) in [6, 6.07) is 7.48. The van der Waals surface area contributed by atoms with E-state index in [1.807, 2.05) is 24.3 Å². The number of rotatable bonds is 5. The molecule has 0 saturated heterocycles. The molecule has 0 atom stereocenters. The number of amides is 1. The first-order chi connectivity index (χ1) is 9.69. The van der Waals surface area contributed by atoms with Gasteiger partial charge in [-0.2, -0.15) is 0 Å². The van der Waals surface area contributed by atoms with Crippen molar-refractivity contribution < 1.29 is 9.53 Å². The molecule has 4 heteroatoms. The van der Waals surface area contributed by atoms with Crippen LogP contribution in [0.15, 0.2) is 24.3 Å². The van der Waals surface area contributed by atoms with Crippen LogP contribution in [0.5, 0.6) is 5.75 Å². The third-order valence-corrected chi connectivity index (χ3v) is 3.87. The Kier molecular flexibility index (Phi) is 5.41. The minimum atomic E-state index is 0.132. The first kappa shape index (κ1) is 14.9. The lowest BCUT2D eigenvalue weighted by Crippen LogP contribution is -2.26. The lowest BCUT2D eigenvalue weighted by atomic mass is 9.82. The highest BCUT2D eigenvalue weighted by molar-refractivity contribution is 5.92. The van der Waals surface area contributed by atoms with Crippen LogP contribution in [-0.2, 0) is 4.79 Å². The van der Waals surface area contributed by atoms with Gasteiger partial charge in [0, 0.05) is 24.2 Å². The lowest BCUT2D eigenvalue weighted by Gasteiger charge is -2.25. The van der Waals surface area contributed by atoms with E-state index in [2.05, 4.69) is 12.2 Å². The zero-order valence-electron chi connectivity index (χ0n) is 12.1. The van der Waals surface area contributed by atoms with Crippen molar-refractivity contribution in [3.8, 4) is 5.75 Å². The molecule has 0 bridgehead atoms. The van der Waals surface area contributed by atoms with Gasteiger partial charge in [0.2, 0.25) is 5.91 Å². The van der Waals surface area contributed by atoms with Gasteiger partial charge in [0.25, 0.3) is 0 Å². The Hall–Kier alpha value is -1.55. The van der Waals surface area contributed by atoms with Crippen molar-refractivity contribution in [2.45, 2.75) is 32.6 Å². The van der Waals surface area contributed by atoms with Gasteiger partial charge in [-0.3, -0.25) is 4.79 Å². The second-order valence-corrected chi connectivity index (χ2v) is 5.61. The Morgan fingerprint density at radius 3 is 2.80 bits per heavy atom. The zero-order valence-corrected chi connectivity index (χ0v) is 12.1. The number of anilines is 1. The third kappa shape index (κ3) is 4.23. The van der Waals surface area contributed by atoms with Crippen molar-refractivity contribution >= 4 is 11.6 Å². The summed E-state index contributed by atoms with van der Waals surface area (Å²) < 4.78 is 5.46. The fourth-order valence-electron chi connectivity index (χ4n) is 2.61. The standard InChI is InChI=1S/C16H24N2O2/c1-12-5-7-13(8-6-12)16(19)18-14-3-2-4-15(11-14)20-10-9-17/h2-4,11-13H,5-10,17H2,1H3,(H,18,19). The molecular formula is C16H24N2O2. The summed E-state index contributed by atoms with van der Waals surface area (Å²) in [4.78, 5) is 12.2. The number of carbonyl (C=O) groups is 1. The maximum atomic E-state index is 12.2. The molecule has 110 valence electrons. The fourth-order valence-corrected chi connectivity index (χ4v) is 2.61. The molecule has 2 rings (SSSR count). The average molecular weight is 276 g/mol. The van der Waals surface area contributed by atoms with Crippen LogP contribution < -0.4 is 15.8 Å². The maximum Gasteiger partial charge on any atom is 0.227 e. The molecular weight excluding hydrogens is 252 g/mol. The summed E-state index contributed by atoms with van der Waals surface area (Å²) in [5.41, 5.74) is 6.20. The normalized spacial score (nSPS) is 22.3. The predicted molar refractivity (Wildman–Crippen MR) is 80.7 cm³/mol. The molecule has 1 fully saturated rings. The number of benzene rings is 1. The summed E-state index contributed by atoms with van der Waals surface area (Å²) in [5.74, 6) is 1.78. The number of hydrogen-bond donors (Lipinski definition) is 2. The van der Waals surface area contributed by atoms with Gasteiger partial charge >= 0.3 is 0 Å². The molecule has 1 amide bonds. The van der Waals surface area contributed by atoms with E-state index in [9.17, 15) is 4.79 Å². The SMILES string of the molecule is CC1CCC(C(=O)Nc2cccc(OCCN)c2)CC1. The Labute approximate surface area is 120 Å². The van der Waals surface area contributed by atoms with E-state index >= 15 is 0 Å². The zero-order chi connectivity index (χ0) is 14.4. The second kappa shape index (κ2) is 7.29. The Balaban J connectivity index is 1.90. The minimum absolute atomic E-state index is 0.132. The Morgan fingerprint density at radius 2 is 2.10 bits per heavy atom. The van der Waals surface area contributed by atoms with Crippen molar-refractivity contribution in [2.24, 2.45) is 17.6 Å². The molecule has 0 spiro atoms. The van der Waals surface area contributed by atoms with Crippen LogP contribution in [0.1, 0.15) is 32.6 Å². The van der Waals surface area contributed by atoms with Gasteiger partial charge in [0.05, 0.1) is 0 Å². The van der Waals surface area contributed by atoms with Crippen molar-refractivity contribution in [1.82, 2.24) is 0 Å². The highest BCUT2D eigenvalue weighted by Crippen LogP contribution is 2.29. The molecule has 20 heavy (non-hydrogen) atoms. The predicted octanol–water partition coefficient (Wildman–Crippen LogP) is 2.79. The average Bonchev–Trinajstić information content (AvgIpc) is 2.46. The molecule has 0 heterocycles. The van der Waals surface area contributed by atoms with Crippen molar-refractivity contribution in [3.63, 3.8) is 0 Å². The van der Waals surface area contributed by atoms with E-state index in [0.717, 1.165) is 43.0 Å². The van der Waals surface area contributed by atoms with Crippen molar-refractivity contribution in [2.75, 3.05) is 18.5 Å². The molecule has 0 aromatic heterocycles. The van der Waals surface area contributed by atoms with E-state index in [-0.39, 0.29) is 11.8 Å². The number of nitrogens with two attached hydrogens (primary N) is 1. The van der Waals surface area contributed by atoms with Crippen LogP contribution in [0.2, 0.25) is 0 Å². The lowest BCUT2D eigenvalue weighted by molar-refractivity contribution is -0.121. The van der Waals surface area contributed by atoms with Crippen LogP contribution in [-0.4, -0.2) is 19.1 Å². The van der Waals surface area contributed by atoms with E-state index in [4.69, 9.17) is 10.5 Å². The summed E-state index contributed by atoms with van der Waals surface area (Å²) in [6.07, 6.45) is 4.29. The largest absolute Gasteiger partial charge is 0.492 e. The monoisotopic (exact) mass is 276 g/mol. The quantitative estimate of drug-likeness (QED) is 0.869. The van der Waals surface area contributed by atoms with Crippen LogP contribution >= 0.6 is 0 Å². The van der Waals surface area contributed by atoms with Crippen LogP contribution in [0, 0.1) is 11.8 Å². The molecule has 4 nitrogen and oxygen atoms in total. The number of ether oxygens (including phenoxy) is 1. The summed E-state index contributed by atoms with van der Waals surface area (Å²) in [7, 11) is 0. The van der Waals surface area contributed by atoms with E-state index in [1.165, 1.54) is 0 Å². The maximum absolute atomic E-state index is 12.2. The summed E-state index contributed by atoms with van der Waals surface area (Å²) in [5, 5.41) is 2.99. The van der Waals surface area contributed by atoms with Crippen molar-refractivity contribution in [3.05, 3.63) is 24.3 Å². The first-order valence-electron chi connectivity index (χ1n) is 7.43. The summed E-state index contributed by atoms with van der Waals surface area (Å²) >= 11 is 0. The van der Waals surface area contributed by atoms with Crippen LogP contribution in [0.3, 0.4) is 0 Å². The van der Waals surface area contributed by atoms with Gasteiger partial charge in [0.15, 0.2) is 0 Å². The van der Waals surface area contributed by atoms with Crippen molar-refractivity contribution in [1.29, 1.82) is 0 Å². The molecule has 1 aromatic rings. The fraction of sp³-hybridized carbons (Fsp3) is 0.562. The van der Waals surface area contributed by atoms with Gasteiger partial charge in [-0.1, -0.05) is 13.0 Å². The smallest absolute Gasteiger partial charge is 0.227 e. The Bertz CT molecular complexity index is 440. The van der Waals surface area contributed by atoms with E-state index in [0.29, 0.717) is 13.2 Å². The highest BCUT2D eigenvalue weighted by atomic mass is 16.5. The molecule has 0 aliphatic heterocycles. The minimum Gasteiger partial charge on any atom is -0.492 e. The molecule has 0 unspecified atom stereocenters. The third-order valence-electron chi connectivity index (χ3n) is 3.87. The summed E-state index contributed by atoms with van der Waals surface area (Å²) in [6.45, 7) is 3.22. The van der Waals surface area contributed by atoms with Gasteiger partial charge < -0.3 is 15.8 Å². The first-order valence-corrected chi connectivity index (χ1v) is 7.43. The molecule has 3 N–H and O–H groups in total. The van der Waals surface area contributed by atoms with Gasteiger partial charge in [0.1, 0.15) is 12.4 Å². The molecule has 1 aliphatic rings. The van der Waals surface area contributed by atoms with E-state index < -0.39 is 0 Å². The van der Waals surface area contributed by atoms with Gasteiger partial charge in [-0.25, -0.2) is 0 Å². The van der Waals surface area contributed by atoms with Crippen LogP contribution in [0.4, 0.5) is 5.69 Å². The van der Waals surface area contributed by atoms with E-state index in [1.54, 1.807) is 0 Å². The topological polar surface area (TPSA) is 64.3 Å². The number of nitrogens with one attached hydrogen (secondary N) is 1. The Morgan fingerprint density at radius 1 is 1.35 bits per heavy atom. The molecule has 1 aromatic carbocycles. The van der Waals surface area contributed by atoms with Crippen LogP contribution in [0.25, 0.3) is 0 Å². The van der Waals surface area contributed by atoms with Gasteiger partial charge in [-0.15, -0.1) is 0 Å². The molecule has 1 aliphatic carbocycles.